The number of nitrogens with zero attached hydrogens (tertiary/aromatic N) is 1. The van der Waals surface area contributed by atoms with Gasteiger partial charge in [-0.15, -0.1) is 0 Å². The molecule has 0 saturated carbocycles. The van der Waals surface area contributed by atoms with Gasteiger partial charge < -0.3 is 35.5 Å². The highest BCUT2D eigenvalue weighted by Crippen LogP contribution is 2.16. The molecule has 138 valence electrons. The summed E-state index contributed by atoms with van der Waals surface area (Å²) < 4.78 is 17.2. The summed E-state index contributed by atoms with van der Waals surface area (Å²) in [5.74, 6) is -0.0242. The van der Waals surface area contributed by atoms with Gasteiger partial charge in [0.2, 0.25) is 5.91 Å². The van der Waals surface area contributed by atoms with Crippen LogP contribution in [0.15, 0.2) is 12.2 Å². The molecular weight excluding hydrogens is 336 g/mol. The molecule has 0 heterocycles. The number of nitrogens with one attached hydrogen (secondary N) is 1. The van der Waals surface area contributed by atoms with Gasteiger partial charge in [-0.05, 0) is 13.0 Å². The van der Waals surface area contributed by atoms with Gasteiger partial charge in [0.15, 0.2) is 0 Å². The zero-order valence-electron chi connectivity index (χ0n) is 15.4. The Labute approximate surface area is 148 Å². The summed E-state index contributed by atoms with van der Waals surface area (Å²) in [6.45, 7) is 4.58. The van der Waals surface area contributed by atoms with Crippen molar-refractivity contribution in [3.63, 3.8) is 0 Å². The van der Waals surface area contributed by atoms with E-state index < -0.39 is 8.80 Å². The van der Waals surface area contributed by atoms with Gasteiger partial charge >= 0.3 is 8.80 Å². The third kappa shape index (κ3) is 10.9. The van der Waals surface area contributed by atoms with Gasteiger partial charge in [0.1, 0.15) is 0 Å². The highest BCUT2D eigenvalue weighted by molar-refractivity contribution is 6.60. The first kappa shape index (κ1) is 24.8. The second kappa shape index (κ2) is 12.9. The van der Waals surface area contributed by atoms with Crippen molar-refractivity contribution < 1.29 is 35.0 Å². The van der Waals surface area contributed by atoms with Gasteiger partial charge in [0, 0.05) is 46.8 Å². The fourth-order valence-electron chi connectivity index (χ4n) is 2.32. The SMILES string of the molecule is CC=CC(=O)NCCC[N+](C)(C)CCC[Si](OC)(OC)OC.[Cl-]. The van der Waals surface area contributed by atoms with E-state index in [0.717, 1.165) is 36.5 Å². The molecule has 0 radical (unpaired) electrons. The average Bonchev–Trinajstić information content (AvgIpc) is 2.49. The lowest BCUT2D eigenvalue weighted by Crippen LogP contribution is -3.00. The van der Waals surface area contributed by atoms with Crippen molar-refractivity contribution in [2.45, 2.75) is 25.8 Å². The minimum Gasteiger partial charge on any atom is -1.00 e. The first-order valence-electron chi connectivity index (χ1n) is 7.72. The first-order valence-corrected chi connectivity index (χ1v) is 9.66. The molecule has 6 nitrogen and oxygen atoms in total. The molecule has 8 heteroatoms. The van der Waals surface area contributed by atoms with E-state index in [1.807, 2.05) is 6.92 Å². The van der Waals surface area contributed by atoms with Crippen LogP contribution in [0.4, 0.5) is 0 Å². The van der Waals surface area contributed by atoms with Gasteiger partial charge in [-0.2, -0.15) is 0 Å². The second-order valence-corrected chi connectivity index (χ2v) is 9.02. The monoisotopic (exact) mass is 368 g/mol. The molecule has 0 atom stereocenters. The van der Waals surface area contributed by atoms with Crippen LogP contribution in [0.25, 0.3) is 0 Å². The van der Waals surface area contributed by atoms with Gasteiger partial charge in [-0.3, -0.25) is 4.79 Å². The van der Waals surface area contributed by atoms with E-state index in [4.69, 9.17) is 13.3 Å². The maximum atomic E-state index is 11.3. The number of rotatable bonds is 12. The minimum absolute atomic E-state index is 0. The molecule has 0 aliphatic carbocycles. The number of carbonyl (C=O) groups excluding carboxylic acids is 1. The Hall–Kier alpha value is -0.443. The summed E-state index contributed by atoms with van der Waals surface area (Å²) in [5.41, 5.74) is 0. The van der Waals surface area contributed by atoms with Crippen molar-refractivity contribution in [1.82, 2.24) is 5.32 Å². The summed E-state index contributed by atoms with van der Waals surface area (Å²) in [5, 5.41) is 2.88. The standard InChI is InChI=1S/C15H32N2O4Si.ClH/c1-7-10-15(18)16-11-8-12-17(2,3)13-9-14-22(19-4,20-5)21-6;/h7,10H,8-9,11-14H2,1-6H3;1H. The van der Waals surface area contributed by atoms with E-state index in [9.17, 15) is 4.79 Å². The highest BCUT2D eigenvalue weighted by Gasteiger charge is 2.37. The molecule has 0 rings (SSSR count). The van der Waals surface area contributed by atoms with E-state index in [2.05, 4.69) is 19.4 Å². The van der Waals surface area contributed by atoms with Gasteiger partial charge in [0.25, 0.3) is 0 Å². The Morgan fingerprint density at radius 2 is 1.61 bits per heavy atom. The third-order valence-corrected chi connectivity index (χ3v) is 6.57. The molecule has 23 heavy (non-hydrogen) atoms. The summed E-state index contributed by atoms with van der Waals surface area (Å²) in [6.07, 6.45) is 5.23. The molecule has 0 aliphatic rings. The molecular formula is C15H33ClN2O4Si. The molecule has 0 aliphatic heterocycles. The zero-order valence-corrected chi connectivity index (χ0v) is 17.1. The van der Waals surface area contributed by atoms with Crippen molar-refractivity contribution in [3.8, 4) is 0 Å². The minimum atomic E-state index is -2.45. The molecule has 0 saturated heterocycles. The van der Waals surface area contributed by atoms with Gasteiger partial charge in [-0.25, -0.2) is 0 Å². The lowest BCUT2D eigenvalue weighted by Gasteiger charge is -2.31. The quantitative estimate of drug-likeness (QED) is 0.195. The summed E-state index contributed by atoms with van der Waals surface area (Å²) in [6, 6.07) is 0.816. The van der Waals surface area contributed by atoms with E-state index in [-0.39, 0.29) is 18.3 Å². The predicted octanol–water partition coefficient (Wildman–Crippen LogP) is -1.58. The molecule has 0 aromatic carbocycles. The third-order valence-electron chi connectivity index (χ3n) is 3.74. The fraction of sp³-hybridized carbons (Fsp3) is 0.800. The lowest BCUT2D eigenvalue weighted by molar-refractivity contribution is -0.890. The summed E-state index contributed by atoms with van der Waals surface area (Å²) >= 11 is 0. The van der Waals surface area contributed by atoms with Crippen LogP contribution in [0.3, 0.4) is 0 Å². The van der Waals surface area contributed by atoms with Crippen molar-refractivity contribution in [2.75, 3.05) is 55.1 Å². The largest absolute Gasteiger partial charge is 1.00 e. The van der Waals surface area contributed by atoms with Crippen LogP contribution < -0.4 is 17.7 Å². The number of allylic oxidation sites excluding steroid dienone is 1. The van der Waals surface area contributed by atoms with Crippen molar-refractivity contribution in [3.05, 3.63) is 12.2 Å². The van der Waals surface area contributed by atoms with Crippen LogP contribution in [-0.4, -0.2) is 74.3 Å². The number of halogens is 1. The summed E-state index contributed by atoms with van der Waals surface area (Å²) in [4.78, 5) is 11.3. The van der Waals surface area contributed by atoms with E-state index in [1.165, 1.54) is 0 Å². The van der Waals surface area contributed by atoms with Crippen molar-refractivity contribution >= 4 is 14.7 Å². The predicted molar refractivity (Wildman–Crippen MR) is 90.5 cm³/mol. The van der Waals surface area contributed by atoms with Gasteiger partial charge in [-0.1, -0.05) is 6.08 Å². The maximum absolute atomic E-state index is 11.3. The number of amides is 1. The molecule has 1 N–H and O–H groups in total. The Morgan fingerprint density at radius 1 is 1.09 bits per heavy atom. The Bertz CT molecular complexity index is 342. The second-order valence-electron chi connectivity index (χ2n) is 5.93. The molecule has 0 fully saturated rings. The number of carbonyl (C=O) groups is 1. The smallest absolute Gasteiger partial charge is 0.500 e. The fourth-order valence-corrected chi connectivity index (χ4v) is 4.02. The number of quaternary nitrogens is 1. The van der Waals surface area contributed by atoms with Crippen molar-refractivity contribution in [1.29, 1.82) is 0 Å². The summed E-state index contributed by atoms with van der Waals surface area (Å²) in [7, 11) is 6.88. The van der Waals surface area contributed by atoms with Crippen LogP contribution in [0.2, 0.25) is 6.04 Å². The highest BCUT2D eigenvalue weighted by atomic mass is 35.5. The van der Waals surface area contributed by atoms with E-state index in [1.54, 1.807) is 33.5 Å². The van der Waals surface area contributed by atoms with Crippen LogP contribution in [0.1, 0.15) is 19.8 Å². The van der Waals surface area contributed by atoms with Crippen molar-refractivity contribution in [2.24, 2.45) is 0 Å². The Balaban J connectivity index is 0. The lowest BCUT2D eigenvalue weighted by atomic mass is 10.3. The first-order chi connectivity index (χ1) is 10.3. The van der Waals surface area contributed by atoms with Gasteiger partial charge in [0.05, 0.1) is 27.2 Å². The topological polar surface area (TPSA) is 56.8 Å². The average molecular weight is 369 g/mol. The molecule has 0 spiro atoms. The van der Waals surface area contributed by atoms with Crippen LogP contribution in [0, 0.1) is 0 Å². The maximum Gasteiger partial charge on any atom is 0.500 e. The molecule has 0 unspecified atom stereocenters. The molecule has 0 aromatic rings. The van der Waals surface area contributed by atoms with E-state index in [0.29, 0.717) is 6.54 Å². The number of hydrogen-bond donors (Lipinski definition) is 1. The Kier molecular flexibility index (Phi) is 13.9. The number of hydrogen-bond acceptors (Lipinski definition) is 4. The zero-order chi connectivity index (χ0) is 17.1. The normalized spacial score (nSPS) is 12.3. The van der Waals surface area contributed by atoms with Crippen LogP contribution in [-0.2, 0) is 18.1 Å². The molecule has 0 bridgehead atoms. The Morgan fingerprint density at radius 3 is 2.09 bits per heavy atom. The van der Waals surface area contributed by atoms with Crippen LogP contribution in [0.5, 0.6) is 0 Å². The van der Waals surface area contributed by atoms with E-state index >= 15 is 0 Å². The molecule has 0 aromatic heterocycles. The molecule has 1 amide bonds. The van der Waals surface area contributed by atoms with Crippen LogP contribution >= 0.6 is 0 Å².